The molecule has 206 valence electrons. The summed E-state index contributed by atoms with van der Waals surface area (Å²) in [5.41, 5.74) is 4.14. The molecule has 0 spiro atoms. The van der Waals surface area contributed by atoms with Crippen LogP contribution < -0.4 is 10.5 Å². The van der Waals surface area contributed by atoms with E-state index in [2.05, 4.69) is 0 Å². The number of benzene rings is 1. The predicted octanol–water partition coefficient (Wildman–Crippen LogP) is 5.02. The molecule has 2 amide bonds. The average Bonchev–Trinajstić information content (AvgIpc) is 2.77. The number of imide groups is 1. The topological polar surface area (TPSA) is 138 Å². The van der Waals surface area contributed by atoms with Crippen LogP contribution >= 0.6 is 0 Å². The molecule has 2 atom stereocenters. The van der Waals surface area contributed by atoms with E-state index in [0.717, 1.165) is 0 Å². The van der Waals surface area contributed by atoms with E-state index in [4.69, 9.17) is 24.9 Å². The van der Waals surface area contributed by atoms with Gasteiger partial charge in [-0.05, 0) is 87.4 Å². The zero-order chi connectivity index (χ0) is 28.4. The molecule has 2 heterocycles. The third kappa shape index (κ3) is 5.71. The number of amidine groups is 1. The normalized spacial score (nSPS) is 23.8. The molecular formula is C26H39N3O7S. The Morgan fingerprint density at radius 2 is 1.54 bits per heavy atom. The molecule has 11 heteroatoms. The van der Waals surface area contributed by atoms with Gasteiger partial charge in [-0.3, -0.25) is 4.99 Å². The van der Waals surface area contributed by atoms with Gasteiger partial charge in [0, 0.05) is 17.7 Å². The van der Waals surface area contributed by atoms with Crippen molar-refractivity contribution in [3.05, 3.63) is 23.8 Å². The molecule has 0 aromatic heterocycles. The van der Waals surface area contributed by atoms with Crippen molar-refractivity contribution in [2.45, 2.75) is 109 Å². The molecule has 2 unspecified atom stereocenters. The minimum Gasteiger partial charge on any atom is -0.487 e. The van der Waals surface area contributed by atoms with Crippen LogP contribution in [0.5, 0.6) is 5.75 Å². The summed E-state index contributed by atoms with van der Waals surface area (Å²) >= 11 is 0. The van der Waals surface area contributed by atoms with Crippen molar-refractivity contribution in [3.63, 3.8) is 0 Å². The van der Waals surface area contributed by atoms with Gasteiger partial charge in [-0.15, -0.1) is 0 Å². The number of nitrogens with two attached hydrogens (primary N) is 1. The Balaban J connectivity index is 2.32. The average molecular weight is 538 g/mol. The Hall–Kier alpha value is -2.82. The van der Waals surface area contributed by atoms with Gasteiger partial charge >= 0.3 is 12.2 Å². The molecule has 0 aliphatic carbocycles. The lowest BCUT2D eigenvalue weighted by atomic mass is 9.95. The van der Waals surface area contributed by atoms with Gasteiger partial charge in [0.05, 0.1) is 11.3 Å². The number of ether oxygens (including phenoxy) is 3. The van der Waals surface area contributed by atoms with Crippen molar-refractivity contribution in [1.82, 2.24) is 4.90 Å². The Morgan fingerprint density at radius 1 is 1.03 bits per heavy atom. The molecule has 3 rings (SSSR count). The Bertz CT molecular complexity index is 1210. The Morgan fingerprint density at radius 3 is 2.03 bits per heavy atom. The van der Waals surface area contributed by atoms with Crippen molar-refractivity contribution in [1.29, 1.82) is 0 Å². The fraction of sp³-hybridized carbons (Fsp3) is 0.654. The molecule has 0 saturated heterocycles. The number of hydrogen-bond acceptors (Lipinski definition) is 9. The zero-order valence-electron chi connectivity index (χ0n) is 23.3. The maximum atomic E-state index is 14.2. The highest BCUT2D eigenvalue weighted by Crippen LogP contribution is 2.48. The number of nitrogen functional groups attached to an aromatic ring is 1. The summed E-state index contributed by atoms with van der Waals surface area (Å²) in [7, 11) is -4.07. The van der Waals surface area contributed by atoms with E-state index in [9.17, 15) is 18.0 Å². The number of fused-ring (bicyclic) bond motifs is 3. The van der Waals surface area contributed by atoms with E-state index >= 15 is 0 Å². The van der Waals surface area contributed by atoms with Gasteiger partial charge in [-0.1, -0.05) is 0 Å². The van der Waals surface area contributed by atoms with Gasteiger partial charge in [0.2, 0.25) is 0 Å². The first-order valence-corrected chi connectivity index (χ1v) is 13.8. The van der Waals surface area contributed by atoms with E-state index in [1.165, 1.54) is 13.8 Å². The molecule has 2 aliphatic heterocycles. The van der Waals surface area contributed by atoms with E-state index in [1.54, 1.807) is 59.7 Å². The maximum absolute atomic E-state index is 14.2. The molecule has 0 saturated carbocycles. The summed E-state index contributed by atoms with van der Waals surface area (Å²) in [6, 6.07) is 3.97. The van der Waals surface area contributed by atoms with Crippen molar-refractivity contribution >= 4 is 33.5 Å². The lowest BCUT2D eigenvalue weighted by molar-refractivity contribution is 0.0139. The minimum absolute atomic E-state index is 0.133. The number of amides is 2. The van der Waals surface area contributed by atoms with Crippen molar-refractivity contribution in [3.8, 4) is 5.75 Å². The Kier molecular flexibility index (Phi) is 6.90. The summed E-state index contributed by atoms with van der Waals surface area (Å²) in [5.74, 6) is 0.149. The Labute approximate surface area is 219 Å². The maximum Gasteiger partial charge on any atom is 0.425 e. The van der Waals surface area contributed by atoms with Gasteiger partial charge < -0.3 is 19.9 Å². The second-order valence-electron chi connectivity index (χ2n) is 12.7. The second kappa shape index (κ2) is 8.89. The summed E-state index contributed by atoms with van der Waals surface area (Å²) < 4.78 is 43.9. The minimum atomic E-state index is -4.07. The third-order valence-corrected chi connectivity index (χ3v) is 8.88. The van der Waals surface area contributed by atoms with Gasteiger partial charge in [0.1, 0.15) is 33.1 Å². The predicted molar refractivity (Wildman–Crippen MR) is 141 cm³/mol. The quantitative estimate of drug-likeness (QED) is 0.456. The van der Waals surface area contributed by atoms with Crippen LogP contribution in [0.15, 0.2) is 23.2 Å². The number of rotatable bonds is 0. The van der Waals surface area contributed by atoms with E-state index in [0.29, 0.717) is 21.9 Å². The molecule has 10 nitrogen and oxygen atoms in total. The summed E-state index contributed by atoms with van der Waals surface area (Å²) in [6.45, 7) is 16.3. The van der Waals surface area contributed by atoms with Crippen LogP contribution in [-0.4, -0.2) is 58.1 Å². The number of carbonyl (C=O) groups is 2. The van der Waals surface area contributed by atoms with Gasteiger partial charge in [0.25, 0.3) is 0 Å². The molecule has 1 aromatic rings. The largest absolute Gasteiger partial charge is 0.487 e. The highest BCUT2D eigenvalue weighted by atomic mass is 32.2. The molecule has 0 bridgehead atoms. The van der Waals surface area contributed by atoms with E-state index < -0.39 is 54.9 Å². The first-order chi connectivity index (χ1) is 16.6. The summed E-state index contributed by atoms with van der Waals surface area (Å²) in [6.07, 6.45) is -2.03. The SMILES string of the molecule is CC(C)(C)OC(=O)N(C(=O)OC(C)(C)C)C1=NC2c3cc(N)ccc3OC(C)(C)CC2S(=O)(=O)C1(C)C. The number of sulfone groups is 1. The number of anilines is 1. The molecule has 0 radical (unpaired) electrons. The van der Waals surface area contributed by atoms with Crippen LogP contribution in [0, 0.1) is 0 Å². The highest BCUT2D eigenvalue weighted by molar-refractivity contribution is 7.94. The smallest absolute Gasteiger partial charge is 0.425 e. The number of carbonyl (C=O) groups excluding carboxylic acids is 2. The first-order valence-electron chi connectivity index (χ1n) is 12.2. The zero-order valence-corrected chi connectivity index (χ0v) is 24.1. The lowest BCUT2D eigenvalue weighted by Crippen LogP contribution is -2.61. The van der Waals surface area contributed by atoms with E-state index in [1.807, 2.05) is 13.8 Å². The van der Waals surface area contributed by atoms with E-state index in [-0.39, 0.29) is 12.3 Å². The van der Waals surface area contributed by atoms with Crippen LogP contribution in [-0.2, 0) is 19.3 Å². The fourth-order valence-corrected chi connectivity index (χ4v) is 6.76. The summed E-state index contributed by atoms with van der Waals surface area (Å²) in [5, 5.41) is -0.997. The van der Waals surface area contributed by atoms with Crippen LogP contribution in [0.4, 0.5) is 15.3 Å². The molecule has 2 aliphatic rings. The van der Waals surface area contributed by atoms with Gasteiger partial charge in [0.15, 0.2) is 9.84 Å². The number of nitrogens with zero attached hydrogens (tertiary/aromatic N) is 2. The van der Waals surface area contributed by atoms with Crippen molar-refractivity contribution < 1.29 is 32.2 Å². The lowest BCUT2D eigenvalue weighted by Gasteiger charge is -2.42. The molecule has 1 aromatic carbocycles. The van der Waals surface area contributed by atoms with Crippen molar-refractivity contribution in [2.24, 2.45) is 4.99 Å². The van der Waals surface area contributed by atoms with Crippen molar-refractivity contribution in [2.75, 3.05) is 5.73 Å². The standard InChI is InChI=1S/C26H39N3O7S/c1-23(2,3)35-21(30)29(22(31)36-24(4,5)6)20-26(9,10)37(32,33)18-14-25(7,8)34-17-12-11-15(27)13-16(17)19(18)28-20/h11-13,18-19H,14,27H2,1-10H3. The van der Waals surface area contributed by atoms with Crippen LogP contribution in [0.25, 0.3) is 0 Å². The molecule has 37 heavy (non-hydrogen) atoms. The van der Waals surface area contributed by atoms with Crippen LogP contribution in [0.3, 0.4) is 0 Å². The first kappa shape index (κ1) is 28.7. The fourth-order valence-electron chi connectivity index (χ4n) is 4.44. The number of hydrogen-bond donors (Lipinski definition) is 1. The number of aliphatic imine (C=N–C) groups is 1. The van der Waals surface area contributed by atoms with Crippen LogP contribution in [0.2, 0.25) is 0 Å². The van der Waals surface area contributed by atoms with Crippen LogP contribution in [0.1, 0.15) is 87.3 Å². The third-order valence-electron chi connectivity index (χ3n) is 6.06. The highest BCUT2D eigenvalue weighted by Gasteiger charge is 2.58. The molecule has 2 N–H and O–H groups in total. The van der Waals surface area contributed by atoms with Gasteiger partial charge in [-0.2, -0.15) is 4.90 Å². The summed E-state index contributed by atoms with van der Waals surface area (Å²) in [4.78, 5) is 32.2. The van der Waals surface area contributed by atoms with Gasteiger partial charge in [-0.25, -0.2) is 18.0 Å². The molecular weight excluding hydrogens is 498 g/mol. The molecule has 0 fully saturated rings. The second-order valence-corrected chi connectivity index (χ2v) is 15.4. The monoisotopic (exact) mass is 537 g/mol.